The Balaban J connectivity index is -0.000000432. The SMILES string of the molecule is CC(C)(C)NC(C)(C)C.CC(C)(C)NC(C)(C)C.CC(C)(C)NC(C)(C)C.[CH3][Ti]([CH3])([CH3])([CH3])([CH3])[C]1=CC=CC1. The first-order valence-electron chi connectivity index (χ1n) is 15.0. The number of rotatable bonds is 1. The van der Waals surface area contributed by atoms with Crippen LogP contribution in [0.2, 0.25) is 26.1 Å². The van der Waals surface area contributed by atoms with E-state index in [1.807, 2.05) is 0 Å². The van der Waals surface area contributed by atoms with E-state index >= 15 is 0 Å². The number of allylic oxidation sites excluding steroid dienone is 4. The molecule has 0 unspecified atom stereocenters. The van der Waals surface area contributed by atoms with Crippen LogP contribution in [0.3, 0.4) is 0 Å². The Hall–Kier alpha value is 0.0743. The Morgan fingerprint density at radius 2 is 0.658 bits per heavy atom. The van der Waals surface area contributed by atoms with E-state index in [1.165, 1.54) is 6.42 Å². The molecule has 1 aliphatic rings. The molecule has 4 heteroatoms. The van der Waals surface area contributed by atoms with Gasteiger partial charge in [0.15, 0.2) is 0 Å². The zero-order chi connectivity index (χ0) is 31.9. The average Bonchev–Trinajstić information content (AvgIpc) is 2.88. The minimum absolute atomic E-state index is 0.234. The number of hydrogen-bond donors (Lipinski definition) is 3. The van der Waals surface area contributed by atoms with Crippen molar-refractivity contribution >= 4 is 0 Å². The molecule has 0 fully saturated rings. The van der Waals surface area contributed by atoms with E-state index < -0.39 is 14.0 Å². The van der Waals surface area contributed by atoms with Crippen molar-refractivity contribution in [3.05, 3.63) is 22.1 Å². The van der Waals surface area contributed by atoms with Gasteiger partial charge in [0.25, 0.3) is 0 Å². The van der Waals surface area contributed by atoms with Crippen LogP contribution in [0.4, 0.5) is 0 Å². The van der Waals surface area contributed by atoms with Crippen molar-refractivity contribution in [2.75, 3.05) is 0 Å². The van der Waals surface area contributed by atoms with Gasteiger partial charge in [-0.15, -0.1) is 0 Å². The summed E-state index contributed by atoms with van der Waals surface area (Å²) in [7, 11) is 0. The van der Waals surface area contributed by atoms with Gasteiger partial charge in [0.05, 0.1) is 0 Å². The van der Waals surface area contributed by atoms with Gasteiger partial charge in [-0.1, -0.05) is 0 Å². The second-order valence-electron chi connectivity index (χ2n) is 21.4. The predicted octanol–water partition coefficient (Wildman–Crippen LogP) is 10.8. The molecular weight excluding hydrogens is 498 g/mol. The monoisotopic (exact) mass is 576 g/mol. The van der Waals surface area contributed by atoms with Crippen LogP contribution in [0.25, 0.3) is 0 Å². The van der Waals surface area contributed by atoms with Crippen LogP contribution in [-0.2, 0) is 14.0 Å². The summed E-state index contributed by atoms with van der Waals surface area (Å²) in [5.41, 5.74) is 1.41. The summed E-state index contributed by atoms with van der Waals surface area (Å²) in [6.45, 7) is 39.2. The Bertz CT molecular complexity index is 640. The molecule has 232 valence electrons. The van der Waals surface area contributed by atoms with Gasteiger partial charge in [-0.05, 0) is 125 Å². The van der Waals surface area contributed by atoms with Crippen LogP contribution in [0.1, 0.15) is 131 Å². The minimum atomic E-state index is -2.61. The molecule has 0 aliphatic heterocycles. The fraction of sp³-hybridized carbons (Fsp3) is 0.882. The molecule has 0 aromatic heterocycles. The third-order valence-electron chi connectivity index (χ3n) is 4.63. The molecule has 1 rings (SSSR count). The zero-order valence-corrected chi connectivity index (χ0v) is 32.5. The molecule has 0 bridgehead atoms. The van der Waals surface area contributed by atoms with Gasteiger partial charge in [-0.3, -0.25) is 0 Å². The molecule has 0 aromatic rings. The Morgan fingerprint density at radius 1 is 0.447 bits per heavy atom. The topological polar surface area (TPSA) is 36.1 Å². The van der Waals surface area contributed by atoms with Crippen LogP contribution in [-0.4, -0.2) is 33.2 Å². The summed E-state index contributed by atoms with van der Waals surface area (Å²) in [5, 5.41) is 22.8. The molecular formula is C34H77N3Ti. The predicted molar refractivity (Wildman–Crippen MR) is 179 cm³/mol. The Labute approximate surface area is 241 Å². The van der Waals surface area contributed by atoms with E-state index in [0.717, 1.165) is 0 Å². The second-order valence-corrected chi connectivity index (χ2v) is 42.0. The van der Waals surface area contributed by atoms with E-state index in [-0.39, 0.29) is 33.2 Å². The van der Waals surface area contributed by atoms with Crippen molar-refractivity contribution in [1.82, 2.24) is 16.0 Å². The molecule has 0 aromatic carbocycles. The fourth-order valence-electron chi connectivity index (χ4n) is 4.75. The maximum absolute atomic E-state index is 3.46. The van der Waals surface area contributed by atoms with E-state index in [2.05, 4.69) is 185 Å². The summed E-state index contributed by atoms with van der Waals surface area (Å²) >= 11 is -2.61. The standard InChI is InChI=1S/3C8H19N.C5H5.5CH3.Ti/c3*1-7(2,3)9-8(4,5)6;1-2-4-5-3-1;;;;;;/h3*9H,1-6H3;1-3H,4H2;5*1H3;. The van der Waals surface area contributed by atoms with Gasteiger partial charge in [0, 0.05) is 33.2 Å². The van der Waals surface area contributed by atoms with Crippen molar-refractivity contribution in [3.8, 4) is 0 Å². The quantitative estimate of drug-likeness (QED) is 0.272. The van der Waals surface area contributed by atoms with Crippen LogP contribution >= 0.6 is 0 Å². The summed E-state index contributed by atoms with van der Waals surface area (Å²) in [6.07, 6.45) is 7.98. The van der Waals surface area contributed by atoms with Crippen LogP contribution in [0, 0.1) is 0 Å². The normalized spacial score (nSPS) is 17.0. The molecule has 0 radical (unpaired) electrons. The van der Waals surface area contributed by atoms with Crippen LogP contribution in [0.15, 0.2) is 22.1 Å². The van der Waals surface area contributed by atoms with E-state index in [0.29, 0.717) is 0 Å². The summed E-state index contributed by atoms with van der Waals surface area (Å²) in [6, 6.07) is 0. The Kier molecular flexibility index (Phi) is 14.5. The molecule has 38 heavy (non-hydrogen) atoms. The van der Waals surface area contributed by atoms with E-state index in [1.54, 1.807) is 3.88 Å². The average molecular weight is 576 g/mol. The van der Waals surface area contributed by atoms with Gasteiger partial charge in [-0.2, -0.15) is 0 Å². The molecule has 0 saturated heterocycles. The second kappa shape index (κ2) is 12.9. The molecule has 0 atom stereocenters. The number of hydrogen-bond acceptors (Lipinski definition) is 3. The molecule has 0 spiro atoms. The zero-order valence-electron chi connectivity index (χ0n) is 30.9. The van der Waals surface area contributed by atoms with E-state index in [9.17, 15) is 0 Å². The van der Waals surface area contributed by atoms with Gasteiger partial charge in [-0.25, -0.2) is 0 Å². The molecule has 3 nitrogen and oxygen atoms in total. The number of nitrogens with one attached hydrogen (secondary N) is 3. The molecule has 0 heterocycles. The van der Waals surface area contributed by atoms with Crippen molar-refractivity contribution < 1.29 is 14.0 Å². The van der Waals surface area contributed by atoms with Crippen LogP contribution in [0.5, 0.6) is 0 Å². The van der Waals surface area contributed by atoms with Crippen molar-refractivity contribution in [2.24, 2.45) is 0 Å². The molecule has 0 amide bonds. The first-order chi connectivity index (χ1) is 15.7. The summed E-state index contributed by atoms with van der Waals surface area (Å²) < 4.78 is 1.70. The van der Waals surface area contributed by atoms with Gasteiger partial charge >= 0.3 is 68.7 Å². The van der Waals surface area contributed by atoms with Gasteiger partial charge < -0.3 is 16.0 Å². The third-order valence-corrected chi connectivity index (χ3v) is 10.2. The van der Waals surface area contributed by atoms with Crippen molar-refractivity contribution in [1.29, 1.82) is 0 Å². The van der Waals surface area contributed by atoms with Crippen molar-refractivity contribution in [2.45, 2.75) is 190 Å². The maximum atomic E-state index is 3.46. The first-order valence-corrected chi connectivity index (χ1v) is 23.6. The van der Waals surface area contributed by atoms with Crippen LogP contribution < -0.4 is 16.0 Å². The van der Waals surface area contributed by atoms with Gasteiger partial charge in [0.2, 0.25) is 0 Å². The molecule has 3 N–H and O–H groups in total. The summed E-state index contributed by atoms with van der Waals surface area (Å²) in [4.78, 5) is 0. The summed E-state index contributed by atoms with van der Waals surface area (Å²) in [5.74, 6) is 0. The third kappa shape index (κ3) is 36.1. The molecule has 0 saturated carbocycles. The van der Waals surface area contributed by atoms with Gasteiger partial charge in [0.1, 0.15) is 0 Å². The first kappa shape index (κ1) is 42.5. The van der Waals surface area contributed by atoms with Crippen molar-refractivity contribution in [3.63, 3.8) is 0 Å². The fourth-order valence-corrected chi connectivity index (χ4v) is 7.98. The Morgan fingerprint density at radius 3 is 0.711 bits per heavy atom. The molecule has 1 aliphatic carbocycles. The van der Waals surface area contributed by atoms with E-state index in [4.69, 9.17) is 0 Å².